The molecule has 0 aliphatic heterocycles. The normalized spacial score (nSPS) is 10.5. The molecule has 0 aliphatic carbocycles. The van der Waals surface area contributed by atoms with Crippen molar-refractivity contribution in [2.45, 2.75) is 33.1 Å². The van der Waals surface area contributed by atoms with E-state index in [9.17, 15) is 10.1 Å². The van der Waals surface area contributed by atoms with Crippen LogP contribution in [0.2, 0.25) is 0 Å². The van der Waals surface area contributed by atoms with E-state index in [0.717, 1.165) is 19.3 Å². The van der Waals surface area contributed by atoms with Gasteiger partial charge in [0.1, 0.15) is 0 Å². The van der Waals surface area contributed by atoms with Gasteiger partial charge in [-0.1, -0.05) is 19.8 Å². The molecule has 0 aromatic heterocycles. The van der Waals surface area contributed by atoms with E-state index >= 15 is 0 Å². The third-order valence-corrected chi connectivity index (χ3v) is 3.42. The Morgan fingerprint density at radius 3 is 2.76 bits per heavy atom. The summed E-state index contributed by atoms with van der Waals surface area (Å²) in [5.41, 5.74) is 2.96. The Balaban J connectivity index is 2.98. The molecule has 0 fully saturated rings. The number of benzene rings is 1. The predicted molar refractivity (Wildman–Crippen MR) is 102 cm³/mol. The zero-order chi connectivity index (χ0) is 18.7. The van der Waals surface area contributed by atoms with E-state index in [1.807, 2.05) is 6.92 Å². The number of methoxy groups -OCH3 is 1. The van der Waals surface area contributed by atoms with Crippen LogP contribution < -0.4 is 20.2 Å². The molecule has 9 heteroatoms. The highest BCUT2D eigenvalue weighted by Gasteiger charge is 2.22. The molecule has 0 saturated heterocycles. The molecule has 25 heavy (non-hydrogen) atoms. The van der Waals surface area contributed by atoms with E-state index in [1.165, 1.54) is 19.4 Å². The summed E-state index contributed by atoms with van der Waals surface area (Å²) in [5, 5.41) is 18.6. The van der Waals surface area contributed by atoms with Gasteiger partial charge in [0.2, 0.25) is 5.75 Å². The molecule has 0 bridgehead atoms. The summed E-state index contributed by atoms with van der Waals surface area (Å²) in [6.07, 6.45) is 4.30. The van der Waals surface area contributed by atoms with Crippen molar-refractivity contribution in [1.82, 2.24) is 10.7 Å². The summed E-state index contributed by atoms with van der Waals surface area (Å²) >= 11 is 4.99. The highest BCUT2D eigenvalue weighted by atomic mass is 32.1. The molecule has 0 saturated carbocycles. The van der Waals surface area contributed by atoms with Crippen LogP contribution in [0.25, 0.3) is 0 Å². The van der Waals surface area contributed by atoms with Crippen molar-refractivity contribution in [3.05, 3.63) is 27.8 Å². The molecule has 0 aliphatic rings. The summed E-state index contributed by atoms with van der Waals surface area (Å²) in [7, 11) is 1.44. The first-order chi connectivity index (χ1) is 12.0. The highest BCUT2D eigenvalue weighted by Crippen LogP contribution is 2.38. The number of unbranched alkanes of at least 4 members (excludes halogenated alkanes) is 2. The summed E-state index contributed by atoms with van der Waals surface area (Å²) in [6.45, 7) is 5.06. The molecule has 0 radical (unpaired) electrons. The van der Waals surface area contributed by atoms with Crippen molar-refractivity contribution in [3.8, 4) is 11.5 Å². The summed E-state index contributed by atoms with van der Waals surface area (Å²) in [4.78, 5) is 10.9. The Morgan fingerprint density at radius 1 is 1.40 bits per heavy atom. The lowest BCUT2D eigenvalue weighted by Gasteiger charge is -2.11. The second kappa shape index (κ2) is 11.2. The quantitative estimate of drug-likeness (QED) is 0.215. The third-order valence-electron chi connectivity index (χ3n) is 3.19. The average Bonchev–Trinajstić information content (AvgIpc) is 2.59. The maximum atomic E-state index is 11.4. The van der Waals surface area contributed by atoms with Crippen molar-refractivity contribution in [1.29, 1.82) is 0 Å². The van der Waals surface area contributed by atoms with Crippen molar-refractivity contribution in [2.75, 3.05) is 20.3 Å². The second-order valence-corrected chi connectivity index (χ2v) is 5.52. The van der Waals surface area contributed by atoms with E-state index in [4.69, 9.17) is 21.7 Å². The number of rotatable bonds is 10. The zero-order valence-corrected chi connectivity index (χ0v) is 15.5. The minimum absolute atomic E-state index is 0.136. The number of nitrogens with one attached hydrogen (secondary N) is 2. The molecule has 1 aromatic carbocycles. The van der Waals surface area contributed by atoms with Crippen LogP contribution in [0.5, 0.6) is 11.5 Å². The van der Waals surface area contributed by atoms with Gasteiger partial charge >= 0.3 is 5.69 Å². The number of hydrogen-bond donors (Lipinski definition) is 2. The van der Waals surface area contributed by atoms with Gasteiger partial charge in [0.25, 0.3) is 0 Å². The molecule has 0 atom stereocenters. The van der Waals surface area contributed by atoms with Crippen LogP contribution in [0.3, 0.4) is 0 Å². The standard InChI is InChI=1S/C16H24N4O4S/c1-4-6-7-8-24-15-13(20(21)22)9-12(10-14(15)23-3)11-18-19-16(25)17-5-2/h9-11H,4-8H2,1-3H3,(H2,17,19,25)/b18-11+. The molecule has 1 aromatic rings. The lowest BCUT2D eigenvalue weighted by atomic mass is 10.2. The van der Waals surface area contributed by atoms with E-state index in [0.29, 0.717) is 29.6 Å². The van der Waals surface area contributed by atoms with Gasteiger partial charge in [-0.05, 0) is 31.6 Å². The second-order valence-electron chi connectivity index (χ2n) is 5.11. The van der Waals surface area contributed by atoms with Gasteiger partial charge in [-0.15, -0.1) is 0 Å². The van der Waals surface area contributed by atoms with Gasteiger partial charge in [0, 0.05) is 18.2 Å². The Hall–Kier alpha value is -2.42. The van der Waals surface area contributed by atoms with E-state index in [1.54, 1.807) is 6.07 Å². The van der Waals surface area contributed by atoms with Crippen LogP contribution in [0.4, 0.5) is 5.69 Å². The molecule has 8 nitrogen and oxygen atoms in total. The zero-order valence-electron chi connectivity index (χ0n) is 14.7. The largest absolute Gasteiger partial charge is 0.493 e. The van der Waals surface area contributed by atoms with Crippen LogP contribution in [-0.4, -0.2) is 36.5 Å². The number of nitrogens with zero attached hydrogens (tertiary/aromatic N) is 2. The number of hydrazone groups is 1. The van der Waals surface area contributed by atoms with Crippen molar-refractivity contribution in [3.63, 3.8) is 0 Å². The molecular formula is C16H24N4O4S. The van der Waals surface area contributed by atoms with Crippen LogP contribution >= 0.6 is 12.2 Å². The number of hydrogen-bond acceptors (Lipinski definition) is 6. The fourth-order valence-corrected chi connectivity index (χ4v) is 2.20. The first-order valence-corrected chi connectivity index (χ1v) is 8.50. The molecule has 1 rings (SSSR count). The Bertz CT molecular complexity index is 622. The van der Waals surface area contributed by atoms with Gasteiger partial charge in [0.15, 0.2) is 10.9 Å². The fourth-order valence-electron chi connectivity index (χ4n) is 2.01. The summed E-state index contributed by atoms with van der Waals surface area (Å²) < 4.78 is 10.8. The molecule has 0 spiro atoms. The number of nitro benzene ring substituents is 1. The SMILES string of the molecule is CCCCCOc1c(OC)cc(/C=N/NC(=S)NCC)cc1[N+](=O)[O-]. The topological polar surface area (TPSA) is 98.0 Å². The molecular weight excluding hydrogens is 344 g/mol. The summed E-state index contributed by atoms with van der Waals surface area (Å²) in [5.74, 6) is 0.429. The van der Waals surface area contributed by atoms with Crippen LogP contribution in [0.15, 0.2) is 17.2 Å². The molecule has 0 heterocycles. The number of thiocarbonyl (C=S) groups is 1. The maximum absolute atomic E-state index is 11.4. The van der Waals surface area contributed by atoms with Crippen molar-refractivity contribution >= 4 is 29.2 Å². The van der Waals surface area contributed by atoms with Crippen molar-refractivity contribution in [2.24, 2.45) is 5.10 Å². The number of nitro groups is 1. The van der Waals surface area contributed by atoms with E-state index in [2.05, 4.69) is 22.8 Å². The fraction of sp³-hybridized carbons (Fsp3) is 0.500. The van der Waals surface area contributed by atoms with E-state index < -0.39 is 4.92 Å². The van der Waals surface area contributed by atoms with Crippen LogP contribution in [-0.2, 0) is 0 Å². The van der Waals surface area contributed by atoms with Gasteiger partial charge in [-0.2, -0.15) is 5.10 Å². The van der Waals surface area contributed by atoms with Crippen LogP contribution in [0, 0.1) is 10.1 Å². The van der Waals surface area contributed by atoms with Gasteiger partial charge in [-0.3, -0.25) is 15.5 Å². The molecule has 2 N–H and O–H groups in total. The first kappa shape index (κ1) is 20.6. The Morgan fingerprint density at radius 2 is 2.16 bits per heavy atom. The van der Waals surface area contributed by atoms with Gasteiger partial charge in [0.05, 0.1) is 24.9 Å². The van der Waals surface area contributed by atoms with Gasteiger partial charge in [-0.25, -0.2) is 0 Å². The molecule has 138 valence electrons. The van der Waals surface area contributed by atoms with Crippen molar-refractivity contribution < 1.29 is 14.4 Å². The maximum Gasteiger partial charge on any atom is 0.315 e. The van der Waals surface area contributed by atoms with Gasteiger partial charge < -0.3 is 14.8 Å². The monoisotopic (exact) mass is 368 g/mol. The average molecular weight is 368 g/mol. The minimum atomic E-state index is -0.494. The summed E-state index contributed by atoms with van der Waals surface area (Å²) in [6, 6.07) is 3.02. The Labute approximate surface area is 152 Å². The molecule has 0 unspecified atom stereocenters. The molecule has 0 amide bonds. The lowest BCUT2D eigenvalue weighted by Crippen LogP contribution is -2.31. The highest BCUT2D eigenvalue weighted by molar-refractivity contribution is 7.80. The first-order valence-electron chi connectivity index (χ1n) is 8.09. The van der Waals surface area contributed by atoms with E-state index in [-0.39, 0.29) is 11.4 Å². The number of ether oxygens (including phenoxy) is 2. The lowest BCUT2D eigenvalue weighted by molar-refractivity contribution is -0.386. The van der Waals surface area contributed by atoms with Crippen LogP contribution in [0.1, 0.15) is 38.7 Å². The smallest absolute Gasteiger partial charge is 0.315 e. The Kier molecular flexibility index (Phi) is 9.23. The minimum Gasteiger partial charge on any atom is -0.493 e. The third kappa shape index (κ3) is 6.92. The predicted octanol–water partition coefficient (Wildman–Crippen LogP) is 2.99.